The zero-order valence-corrected chi connectivity index (χ0v) is 12.4. The van der Waals surface area contributed by atoms with Gasteiger partial charge in [-0.15, -0.1) is 5.10 Å². The number of benzene rings is 1. The van der Waals surface area contributed by atoms with E-state index in [1.54, 1.807) is 0 Å². The molecule has 104 valence electrons. The molecule has 0 fully saturated rings. The van der Waals surface area contributed by atoms with Gasteiger partial charge < -0.3 is 10.5 Å². The first-order valence-electron chi connectivity index (χ1n) is 6.08. The second kappa shape index (κ2) is 4.68. The van der Waals surface area contributed by atoms with Crippen LogP contribution < -0.4 is 5.73 Å². The van der Waals surface area contributed by atoms with Crippen molar-refractivity contribution in [2.45, 2.75) is 18.5 Å². The number of ether oxygens (including phenoxy) is 1. The third kappa shape index (κ3) is 2.03. The molecule has 6 nitrogen and oxygen atoms in total. The lowest BCUT2D eigenvalue weighted by Gasteiger charge is -2.41. The van der Waals surface area contributed by atoms with Crippen LogP contribution in [-0.2, 0) is 23.2 Å². The molecule has 0 amide bonds. The molecule has 0 bridgehead atoms. The van der Waals surface area contributed by atoms with Crippen molar-refractivity contribution in [3.63, 3.8) is 0 Å². The maximum atomic E-state index is 11.6. The molecule has 1 atom stereocenters. The summed E-state index contributed by atoms with van der Waals surface area (Å²) in [6.45, 7) is 0.390. The largest absolute Gasteiger partial charge is 0.464 e. The number of rotatable bonds is 3. The lowest BCUT2D eigenvalue weighted by Crippen LogP contribution is -2.51. The number of carbonyl (C=O) groups excluding carboxylic acids is 1. The van der Waals surface area contributed by atoms with Crippen molar-refractivity contribution in [3.05, 3.63) is 45.7 Å². The zero-order chi connectivity index (χ0) is 14.3. The highest BCUT2D eigenvalue weighted by molar-refractivity contribution is 9.10. The Balaban J connectivity index is 1.90. The van der Waals surface area contributed by atoms with Crippen LogP contribution >= 0.6 is 15.9 Å². The monoisotopic (exact) mass is 336 g/mol. The topological polar surface area (TPSA) is 83.0 Å². The lowest BCUT2D eigenvalue weighted by atomic mass is 9.71. The molecule has 0 spiro atoms. The highest BCUT2D eigenvalue weighted by Crippen LogP contribution is 2.39. The molecule has 20 heavy (non-hydrogen) atoms. The van der Waals surface area contributed by atoms with Crippen molar-refractivity contribution < 1.29 is 9.53 Å². The molecule has 2 aromatic rings. The van der Waals surface area contributed by atoms with Crippen LogP contribution in [0.15, 0.2) is 28.9 Å². The van der Waals surface area contributed by atoms with E-state index in [2.05, 4.69) is 26.2 Å². The van der Waals surface area contributed by atoms with E-state index in [1.807, 2.05) is 18.2 Å². The Kier molecular flexibility index (Phi) is 3.10. The summed E-state index contributed by atoms with van der Waals surface area (Å²) >= 11 is 3.44. The molecule has 7 heteroatoms. The van der Waals surface area contributed by atoms with Crippen molar-refractivity contribution >= 4 is 21.9 Å². The zero-order valence-electron chi connectivity index (χ0n) is 10.8. The van der Waals surface area contributed by atoms with Crippen molar-refractivity contribution in [3.8, 4) is 0 Å². The summed E-state index contributed by atoms with van der Waals surface area (Å²) in [5.74, 6) is -0.465. The van der Waals surface area contributed by atoms with Crippen LogP contribution in [0.1, 0.15) is 21.6 Å². The fourth-order valence-electron chi connectivity index (χ4n) is 2.54. The summed E-state index contributed by atoms with van der Waals surface area (Å²) in [5, 5.41) is 7.68. The van der Waals surface area contributed by atoms with Crippen LogP contribution in [0, 0.1) is 0 Å². The molecule has 2 N–H and O–H groups in total. The van der Waals surface area contributed by atoms with E-state index >= 15 is 0 Å². The number of hydrogen-bond donors (Lipinski definition) is 1. The highest BCUT2D eigenvalue weighted by atomic mass is 79.9. The van der Waals surface area contributed by atoms with Gasteiger partial charge in [0.25, 0.3) is 0 Å². The molecule has 1 aromatic heterocycles. The summed E-state index contributed by atoms with van der Waals surface area (Å²) in [6.07, 6.45) is 2.13. The van der Waals surface area contributed by atoms with E-state index in [4.69, 9.17) is 10.5 Å². The van der Waals surface area contributed by atoms with Crippen LogP contribution in [-0.4, -0.2) is 28.1 Å². The summed E-state index contributed by atoms with van der Waals surface area (Å²) in [5.41, 5.74) is 8.48. The minimum Gasteiger partial charge on any atom is -0.464 e. The van der Waals surface area contributed by atoms with Crippen LogP contribution in [0.5, 0.6) is 0 Å². The van der Waals surface area contributed by atoms with Crippen LogP contribution in [0.2, 0.25) is 0 Å². The predicted molar refractivity (Wildman–Crippen MR) is 75.1 cm³/mol. The van der Waals surface area contributed by atoms with Gasteiger partial charge in [0.05, 0.1) is 25.4 Å². The second-order valence-electron chi connectivity index (χ2n) is 4.90. The maximum absolute atomic E-state index is 11.6. The second-order valence-corrected chi connectivity index (χ2v) is 5.82. The molecule has 1 aliphatic carbocycles. The van der Waals surface area contributed by atoms with E-state index < -0.39 is 11.5 Å². The first-order valence-corrected chi connectivity index (χ1v) is 6.87. The average Bonchev–Trinajstić information content (AvgIpc) is 2.87. The summed E-state index contributed by atoms with van der Waals surface area (Å²) in [4.78, 5) is 11.6. The molecular formula is C13H13BrN4O2. The van der Waals surface area contributed by atoms with Crippen molar-refractivity contribution in [2.75, 3.05) is 7.11 Å². The van der Waals surface area contributed by atoms with Gasteiger partial charge in [-0.2, -0.15) is 0 Å². The number of nitrogens with two attached hydrogens (primary N) is 1. The quantitative estimate of drug-likeness (QED) is 0.852. The first kappa shape index (κ1) is 13.3. The third-order valence-electron chi connectivity index (χ3n) is 3.56. The van der Waals surface area contributed by atoms with E-state index in [-0.39, 0.29) is 0 Å². The Morgan fingerprint density at radius 2 is 2.40 bits per heavy atom. The van der Waals surface area contributed by atoms with Crippen molar-refractivity contribution in [1.82, 2.24) is 15.0 Å². The Morgan fingerprint density at radius 1 is 1.60 bits per heavy atom. The van der Waals surface area contributed by atoms with Gasteiger partial charge in [0.2, 0.25) is 0 Å². The van der Waals surface area contributed by atoms with E-state index in [9.17, 15) is 4.79 Å². The number of fused-ring (bicyclic) bond motifs is 1. The molecule has 0 radical (unpaired) electrons. The van der Waals surface area contributed by atoms with E-state index in [1.165, 1.54) is 23.6 Å². The number of esters is 1. The molecule has 1 heterocycles. The first-order chi connectivity index (χ1) is 9.53. The van der Waals surface area contributed by atoms with Crippen molar-refractivity contribution in [1.29, 1.82) is 0 Å². The van der Waals surface area contributed by atoms with Gasteiger partial charge in [-0.25, -0.2) is 9.48 Å². The fourth-order valence-corrected chi connectivity index (χ4v) is 2.90. The lowest BCUT2D eigenvalue weighted by molar-refractivity contribution is 0.0583. The molecule has 1 aliphatic rings. The molecule has 0 saturated carbocycles. The SMILES string of the molecule is COC(=O)c1cnnn1C[C@@]1(N)Cc2ccc(Br)cc21. The average molecular weight is 337 g/mol. The van der Waals surface area contributed by atoms with Crippen LogP contribution in [0.25, 0.3) is 0 Å². The fraction of sp³-hybridized carbons (Fsp3) is 0.308. The van der Waals surface area contributed by atoms with Gasteiger partial charge in [0.15, 0.2) is 5.69 Å². The minimum absolute atomic E-state index is 0.306. The maximum Gasteiger partial charge on any atom is 0.358 e. The molecule has 0 saturated heterocycles. The Morgan fingerprint density at radius 3 is 3.15 bits per heavy atom. The van der Waals surface area contributed by atoms with Crippen molar-refractivity contribution in [2.24, 2.45) is 5.73 Å². The summed E-state index contributed by atoms with van der Waals surface area (Å²) in [7, 11) is 1.33. The number of aromatic nitrogens is 3. The van der Waals surface area contributed by atoms with Gasteiger partial charge in [-0.3, -0.25) is 0 Å². The van der Waals surface area contributed by atoms with Gasteiger partial charge in [0.1, 0.15) is 0 Å². The van der Waals surface area contributed by atoms with Gasteiger partial charge >= 0.3 is 5.97 Å². The summed E-state index contributed by atoms with van der Waals surface area (Å²) in [6, 6.07) is 6.05. The van der Waals surface area contributed by atoms with Gasteiger partial charge in [0, 0.05) is 4.47 Å². The predicted octanol–water partition coefficient (Wildman–Crippen LogP) is 1.24. The summed E-state index contributed by atoms with van der Waals surface area (Å²) < 4.78 is 7.18. The Hall–Kier alpha value is -1.73. The Labute approximate surface area is 124 Å². The number of carbonyl (C=O) groups is 1. The standard InChI is InChI=1S/C13H13BrN4O2/c1-20-12(19)11-6-16-17-18(11)7-13(15)5-8-2-3-9(14)4-10(8)13/h2-4,6H,5,7,15H2,1H3/t13-/m0/s1. The van der Waals surface area contributed by atoms with Gasteiger partial charge in [-0.05, 0) is 29.7 Å². The minimum atomic E-state index is -0.532. The number of hydrogen-bond acceptors (Lipinski definition) is 5. The number of halogens is 1. The molecule has 1 aromatic carbocycles. The molecule has 0 unspecified atom stereocenters. The normalized spacial score (nSPS) is 20.1. The molecule has 0 aliphatic heterocycles. The van der Waals surface area contributed by atoms with E-state index in [0.717, 1.165) is 16.5 Å². The highest BCUT2D eigenvalue weighted by Gasteiger charge is 2.40. The van der Waals surface area contributed by atoms with Gasteiger partial charge in [-0.1, -0.05) is 27.2 Å². The number of methoxy groups -OCH3 is 1. The molecule has 3 rings (SSSR count). The molecular weight excluding hydrogens is 324 g/mol. The number of nitrogens with zero attached hydrogens (tertiary/aromatic N) is 3. The smallest absolute Gasteiger partial charge is 0.358 e. The van der Waals surface area contributed by atoms with Crippen LogP contribution in [0.4, 0.5) is 0 Å². The van der Waals surface area contributed by atoms with Crippen LogP contribution in [0.3, 0.4) is 0 Å². The third-order valence-corrected chi connectivity index (χ3v) is 4.05. The Bertz CT molecular complexity index is 685. The van der Waals surface area contributed by atoms with E-state index in [0.29, 0.717) is 12.2 Å².